The van der Waals surface area contributed by atoms with Crippen LogP contribution >= 0.6 is 0 Å². The zero-order valence-corrected chi connectivity index (χ0v) is 17.1. The second-order valence-electron chi connectivity index (χ2n) is 9.09. The van der Waals surface area contributed by atoms with Gasteiger partial charge < -0.3 is 15.0 Å². The van der Waals surface area contributed by atoms with Gasteiger partial charge in [-0.05, 0) is 50.4 Å². The Kier molecular flexibility index (Phi) is 7.57. The smallest absolute Gasteiger partial charge is 0.222 e. The molecule has 3 rings (SSSR count). The van der Waals surface area contributed by atoms with E-state index in [-0.39, 0.29) is 11.5 Å². The predicted molar refractivity (Wildman–Crippen MR) is 106 cm³/mol. The Balaban J connectivity index is 1.39. The average Bonchev–Trinajstić information content (AvgIpc) is 2.67. The van der Waals surface area contributed by atoms with E-state index in [0.29, 0.717) is 11.8 Å². The lowest BCUT2D eigenvalue weighted by Crippen LogP contribution is -2.51. The molecule has 0 bridgehead atoms. The molecule has 1 spiro atoms. The van der Waals surface area contributed by atoms with Crippen LogP contribution in [0.25, 0.3) is 0 Å². The Morgan fingerprint density at radius 1 is 1.04 bits per heavy atom. The third kappa shape index (κ3) is 6.20. The molecule has 5 nitrogen and oxygen atoms in total. The van der Waals surface area contributed by atoms with Gasteiger partial charge in [-0.15, -0.1) is 0 Å². The SMILES string of the molecule is CC(=O)NCCC1CCOC2(CCN(C(=O)CCC3CCCCC3)CC2)C1. The molecular weight excluding hydrogens is 340 g/mol. The zero-order chi connectivity index (χ0) is 19.1. The van der Waals surface area contributed by atoms with Gasteiger partial charge in [0.25, 0.3) is 0 Å². The molecule has 3 fully saturated rings. The van der Waals surface area contributed by atoms with Crippen molar-refractivity contribution in [2.24, 2.45) is 11.8 Å². The molecule has 2 heterocycles. The van der Waals surface area contributed by atoms with Gasteiger partial charge in [0.2, 0.25) is 11.8 Å². The van der Waals surface area contributed by atoms with Crippen molar-refractivity contribution < 1.29 is 14.3 Å². The summed E-state index contributed by atoms with van der Waals surface area (Å²) in [7, 11) is 0. The van der Waals surface area contributed by atoms with E-state index < -0.39 is 0 Å². The van der Waals surface area contributed by atoms with E-state index in [9.17, 15) is 9.59 Å². The quantitative estimate of drug-likeness (QED) is 0.767. The second kappa shape index (κ2) is 9.90. The van der Waals surface area contributed by atoms with Crippen LogP contribution in [0.3, 0.4) is 0 Å². The highest BCUT2D eigenvalue weighted by atomic mass is 16.5. The lowest BCUT2D eigenvalue weighted by molar-refractivity contribution is -0.147. The number of nitrogens with zero attached hydrogens (tertiary/aromatic N) is 1. The summed E-state index contributed by atoms with van der Waals surface area (Å²) in [6.07, 6.45) is 13.7. The molecule has 0 aromatic rings. The van der Waals surface area contributed by atoms with Crippen molar-refractivity contribution in [2.75, 3.05) is 26.2 Å². The molecule has 27 heavy (non-hydrogen) atoms. The first kappa shape index (κ1) is 20.6. The van der Waals surface area contributed by atoms with E-state index in [1.54, 1.807) is 6.92 Å². The lowest BCUT2D eigenvalue weighted by Gasteiger charge is -2.46. The van der Waals surface area contributed by atoms with Crippen molar-refractivity contribution in [1.29, 1.82) is 0 Å². The van der Waals surface area contributed by atoms with Crippen LogP contribution in [0.4, 0.5) is 0 Å². The van der Waals surface area contributed by atoms with E-state index in [2.05, 4.69) is 10.2 Å². The molecule has 3 aliphatic rings. The number of amides is 2. The first-order chi connectivity index (χ1) is 13.1. The lowest BCUT2D eigenvalue weighted by atomic mass is 9.78. The van der Waals surface area contributed by atoms with Crippen LogP contribution in [0, 0.1) is 11.8 Å². The number of likely N-dealkylation sites (tertiary alicyclic amines) is 1. The maximum atomic E-state index is 12.6. The third-order valence-electron chi connectivity index (χ3n) is 7.04. The van der Waals surface area contributed by atoms with Crippen molar-refractivity contribution in [3.8, 4) is 0 Å². The average molecular weight is 379 g/mol. The van der Waals surface area contributed by atoms with E-state index >= 15 is 0 Å². The highest BCUT2D eigenvalue weighted by Crippen LogP contribution is 2.39. The van der Waals surface area contributed by atoms with Crippen LogP contribution in [0.15, 0.2) is 0 Å². The Morgan fingerprint density at radius 2 is 1.78 bits per heavy atom. The van der Waals surface area contributed by atoms with Crippen molar-refractivity contribution in [2.45, 2.75) is 89.6 Å². The number of rotatable bonds is 6. The minimum atomic E-state index is -0.0285. The Labute approximate surface area is 164 Å². The fraction of sp³-hybridized carbons (Fsp3) is 0.909. The van der Waals surface area contributed by atoms with Gasteiger partial charge in [-0.1, -0.05) is 32.1 Å². The molecule has 1 aliphatic carbocycles. The van der Waals surface area contributed by atoms with Gasteiger partial charge >= 0.3 is 0 Å². The molecule has 1 N–H and O–H groups in total. The Morgan fingerprint density at radius 3 is 2.48 bits per heavy atom. The molecule has 0 radical (unpaired) electrons. The van der Waals surface area contributed by atoms with Crippen molar-refractivity contribution in [3.05, 3.63) is 0 Å². The van der Waals surface area contributed by atoms with Crippen LogP contribution in [0.5, 0.6) is 0 Å². The van der Waals surface area contributed by atoms with Gasteiger partial charge in [-0.25, -0.2) is 0 Å². The number of carbonyl (C=O) groups is 2. The summed E-state index contributed by atoms with van der Waals surface area (Å²) in [5.41, 5.74) is -0.0285. The number of nitrogens with one attached hydrogen (secondary N) is 1. The third-order valence-corrected chi connectivity index (χ3v) is 7.04. The number of ether oxygens (including phenoxy) is 1. The summed E-state index contributed by atoms with van der Waals surface area (Å²) in [6.45, 7) is 4.86. The van der Waals surface area contributed by atoms with Crippen LogP contribution in [0.2, 0.25) is 0 Å². The second-order valence-corrected chi connectivity index (χ2v) is 9.09. The molecule has 1 atom stereocenters. The van der Waals surface area contributed by atoms with Gasteiger partial charge in [0.05, 0.1) is 5.60 Å². The maximum absolute atomic E-state index is 12.6. The molecule has 2 aliphatic heterocycles. The van der Waals surface area contributed by atoms with Gasteiger partial charge in [0.1, 0.15) is 0 Å². The molecule has 154 valence electrons. The molecule has 2 amide bonds. The monoisotopic (exact) mass is 378 g/mol. The first-order valence-corrected chi connectivity index (χ1v) is 11.2. The number of carbonyl (C=O) groups excluding carboxylic acids is 2. The molecular formula is C22H38N2O3. The van der Waals surface area contributed by atoms with Crippen LogP contribution in [-0.2, 0) is 14.3 Å². The Hall–Kier alpha value is -1.10. The number of piperidine rings is 1. The fourth-order valence-corrected chi connectivity index (χ4v) is 5.30. The van der Waals surface area contributed by atoms with Crippen molar-refractivity contribution in [3.63, 3.8) is 0 Å². The summed E-state index contributed by atoms with van der Waals surface area (Å²) in [5.74, 6) is 1.81. The highest BCUT2D eigenvalue weighted by Gasteiger charge is 2.40. The maximum Gasteiger partial charge on any atom is 0.222 e. The molecule has 2 saturated heterocycles. The van der Waals surface area contributed by atoms with Crippen LogP contribution in [-0.4, -0.2) is 48.6 Å². The van der Waals surface area contributed by atoms with E-state index in [1.807, 2.05) is 0 Å². The van der Waals surface area contributed by atoms with E-state index in [0.717, 1.165) is 77.1 Å². The summed E-state index contributed by atoms with van der Waals surface area (Å²) in [5, 5.41) is 2.91. The van der Waals surface area contributed by atoms with E-state index in [1.165, 1.54) is 32.1 Å². The summed E-state index contributed by atoms with van der Waals surface area (Å²) >= 11 is 0. The van der Waals surface area contributed by atoms with Crippen molar-refractivity contribution >= 4 is 11.8 Å². The first-order valence-electron chi connectivity index (χ1n) is 11.2. The zero-order valence-electron chi connectivity index (χ0n) is 17.1. The van der Waals surface area contributed by atoms with E-state index in [4.69, 9.17) is 4.74 Å². The van der Waals surface area contributed by atoms with Crippen molar-refractivity contribution in [1.82, 2.24) is 10.2 Å². The predicted octanol–water partition coefficient (Wildman–Crippen LogP) is 3.66. The number of hydrogen-bond acceptors (Lipinski definition) is 3. The minimum Gasteiger partial charge on any atom is -0.375 e. The molecule has 1 unspecified atom stereocenters. The van der Waals surface area contributed by atoms with Gasteiger partial charge in [-0.2, -0.15) is 0 Å². The molecule has 0 aromatic carbocycles. The van der Waals surface area contributed by atoms with Gasteiger partial charge in [-0.3, -0.25) is 9.59 Å². The summed E-state index contributed by atoms with van der Waals surface area (Å²) in [4.78, 5) is 25.8. The normalized spacial score (nSPS) is 26.1. The molecule has 5 heteroatoms. The highest BCUT2D eigenvalue weighted by molar-refractivity contribution is 5.76. The topological polar surface area (TPSA) is 58.6 Å². The summed E-state index contributed by atoms with van der Waals surface area (Å²) < 4.78 is 6.22. The fourth-order valence-electron chi connectivity index (χ4n) is 5.30. The van der Waals surface area contributed by atoms with Gasteiger partial charge in [0.15, 0.2) is 0 Å². The molecule has 1 saturated carbocycles. The number of hydrogen-bond donors (Lipinski definition) is 1. The van der Waals surface area contributed by atoms with Gasteiger partial charge in [0, 0.05) is 39.6 Å². The summed E-state index contributed by atoms with van der Waals surface area (Å²) in [6, 6.07) is 0. The largest absolute Gasteiger partial charge is 0.375 e. The molecule has 0 aromatic heterocycles. The minimum absolute atomic E-state index is 0.0285. The Bertz CT molecular complexity index is 494. The standard InChI is InChI=1S/C22H38N2O3/c1-18(25)23-13-9-20-10-16-27-22(17-20)11-14-24(15-12-22)21(26)8-7-19-5-3-2-4-6-19/h19-20H,2-17H2,1H3,(H,23,25). The van der Waals surface area contributed by atoms with Crippen LogP contribution < -0.4 is 5.32 Å². The van der Waals surface area contributed by atoms with Crippen LogP contribution in [0.1, 0.15) is 84.0 Å².